The van der Waals surface area contributed by atoms with Crippen molar-refractivity contribution in [1.29, 1.82) is 5.26 Å². The van der Waals surface area contributed by atoms with Crippen molar-refractivity contribution in [2.45, 2.75) is 46.1 Å². The van der Waals surface area contributed by atoms with E-state index in [0.717, 1.165) is 55.2 Å². The topological polar surface area (TPSA) is 129 Å². The zero-order chi connectivity index (χ0) is 28.2. The van der Waals surface area contributed by atoms with E-state index < -0.39 is 21.8 Å². The molecule has 3 aromatic rings. The number of aromatic nitrogens is 2. The Kier molecular flexibility index (Phi) is 8.54. The second-order valence-electron chi connectivity index (χ2n) is 10.1. The lowest BCUT2D eigenvalue weighted by Gasteiger charge is -2.34. The number of anilines is 1. The van der Waals surface area contributed by atoms with Crippen LogP contribution in [0.2, 0.25) is 0 Å². The van der Waals surface area contributed by atoms with Crippen LogP contribution in [0.3, 0.4) is 0 Å². The Morgan fingerprint density at radius 3 is 2.72 bits per heavy atom. The third kappa shape index (κ3) is 6.38. The van der Waals surface area contributed by atoms with Gasteiger partial charge in [-0.25, -0.2) is 9.37 Å². The van der Waals surface area contributed by atoms with Crippen molar-refractivity contribution >= 4 is 26.8 Å². The molecule has 0 saturated carbocycles. The summed E-state index contributed by atoms with van der Waals surface area (Å²) in [6, 6.07) is 8.55. The Morgan fingerprint density at radius 1 is 1.28 bits per heavy atom. The summed E-state index contributed by atoms with van der Waals surface area (Å²) in [5.41, 5.74) is 0.0295. The quantitative estimate of drug-likeness (QED) is 0.386. The highest BCUT2D eigenvalue weighted by Gasteiger charge is 2.26. The summed E-state index contributed by atoms with van der Waals surface area (Å²) in [6.07, 6.45) is 5.60. The van der Waals surface area contributed by atoms with Gasteiger partial charge in [0.15, 0.2) is 11.6 Å². The summed E-state index contributed by atoms with van der Waals surface area (Å²) in [7, 11) is -2.58. The molecule has 208 valence electrons. The van der Waals surface area contributed by atoms with Crippen molar-refractivity contribution < 1.29 is 17.5 Å². The molecule has 10 nitrogen and oxygen atoms in total. The monoisotopic (exact) mass is 556 g/mol. The first-order valence-corrected chi connectivity index (χ1v) is 14.4. The summed E-state index contributed by atoms with van der Waals surface area (Å²) >= 11 is 0. The van der Waals surface area contributed by atoms with E-state index in [1.54, 1.807) is 17.6 Å². The Morgan fingerprint density at radius 2 is 2.03 bits per heavy atom. The number of rotatable bonds is 10. The SMILES string of the molecule is CCN(C)S(=O)(=O)Nc1ccc(F)c(Oc2ccc3ncn(CCCC4(C)CCNCC4)c(=O)c3c2)c1C#N. The van der Waals surface area contributed by atoms with Crippen LogP contribution in [0.5, 0.6) is 11.5 Å². The van der Waals surface area contributed by atoms with Crippen LogP contribution in [0, 0.1) is 22.6 Å². The van der Waals surface area contributed by atoms with Crippen molar-refractivity contribution in [2.24, 2.45) is 5.41 Å². The molecular weight excluding hydrogens is 523 g/mol. The lowest BCUT2D eigenvalue weighted by atomic mass is 9.77. The number of ether oxygens (including phenoxy) is 1. The summed E-state index contributed by atoms with van der Waals surface area (Å²) < 4.78 is 50.4. The zero-order valence-electron chi connectivity index (χ0n) is 22.3. The maximum atomic E-state index is 14.8. The number of benzene rings is 2. The normalized spacial score (nSPS) is 15.3. The van der Waals surface area contributed by atoms with E-state index in [1.807, 2.05) is 6.07 Å². The number of halogens is 1. The number of nitrogens with zero attached hydrogens (tertiary/aromatic N) is 4. The van der Waals surface area contributed by atoms with Crippen LogP contribution in [0.15, 0.2) is 41.5 Å². The molecule has 4 rings (SSSR count). The molecule has 0 radical (unpaired) electrons. The molecule has 1 aromatic heterocycles. The first-order chi connectivity index (χ1) is 18.6. The van der Waals surface area contributed by atoms with E-state index in [-0.39, 0.29) is 34.5 Å². The molecule has 39 heavy (non-hydrogen) atoms. The van der Waals surface area contributed by atoms with E-state index in [0.29, 0.717) is 17.4 Å². The van der Waals surface area contributed by atoms with Crippen LogP contribution < -0.4 is 20.3 Å². The van der Waals surface area contributed by atoms with Gasteiger partial charge in [-0.1, -0.05) is 13.8 Å². The van der Waals surface area contributed by atoms with Gasteiger partial charge in [-0.2, -0.15) is 18.0 Å². The minimum Gasteiger partial charge on any atom is -0.453 e. The summed E-state index contributed by atoms with van der Waals surface area (Å²) in [4.78, 5) is 17.6. The molecule has 0 unspecified atom stereocenters. The van der Waals surface area contributed by atoms with Crippen molar-refractivity contribution in [2.75, 3.05) is 31.4 Å². The molecule has 2 N–H and O–H groups in total. The summed E-state index contributed by atoms with van der Waals surface area (Å²) in [5, 5.41) is 13.4. The highest BCUT2D eigenvalue weighted by molar-refractivity contribution is 7.90. The van der Waals surface area contributed by atoms with Gasteiger partial charge >= 0.3 is 10.2 Å². The van der Waals surface area contributed by atoms with E-state index in [4.69, 9.17) is 4.74 Å². The van der Waals surface area contributed by atoms with E-state index in [1.165, 1.54) is 25.5 Å². The van der Waals surface area contributed by atoms with Crippen LogP contribution in [-0.4, -0.2) is 49.0 Å². The van der Waals surface area contributed by atoms with Gasteiger partial charge in [0.05, 0.1) is 22.9 Å². The summed E-state index contributed by atoms with van der Waals surface area (Å²) in [5.74, 6) is -1.19. The molecule has 0 spiro atoms. The molecule has 1 aliphatic heterocycles. The van der Waals surface area contributed by atoms with Crippen molar-refractivity contribution in [3.63, 3.8) is 0 Å². The fourth-order valence-electron chi connectivity index (χ4n) is 4.68. The molecular formula is C27H33FN6O4S. The van der Waals surface area contributed by atoms with Gasteiger partial charge in [0.25, 0.3) is 5.56 Å². The number of nitrogens with one attached hydrogen (secondary N) is 2. The third-order valence-corrected chi connectivity index (χ3v) is 8.88. The number of piperidine rings is 1. The minimum atomic E-state index is -3.96. The molecule has 12 heteroatoms. The maximum Gasteiger partial charge on any atom is 0.301 e. The fraction of sp³-hybridized carbons (Fsp3) is 0.444. The number of aryl methyl sites for hydroxylation is 1. The average molecular weight is 557 g/mol. The lowest BCUT2D eigenvalue weighted by Crippen LogP contribution is -2.35. The van der Waals surface area contributed by atoms with Gasteiger partial charge in [0.2, 0.25) is 0 Å². The zero-order valence-corrected chi connectivity index (χ0v) is 23.1. The van der Waals surface area contributed by atoms with Crippen LogP contribution in [0.4, 0.5) is 10.1 Å². The van der Waals surface area contributed by atoms with Crippen LogP contribution in [-0.2, 0) is 16.8 Å². The summed E-state index contributed by atoms with van der Waals surface area (Å²) in [6.45, 7) is 6.68. The van der Waals surface area contributed by atoms with Gasteiger partial charge < -0.3 is 10.1 Å². The second-order valence-corrected chi connectivity index (χ2v) is 11.9. The first kappa shape index (κ1) is 28.5. The molecule has 0 aliphatic carbocycles. The Hall–Kier alpha value is -3.53. The molecule has 1 aliphatic rings. The average Bonchev–Trinajstić information content (AvgIpc) is 2.92. The van der Waals surface area contributed by atoms with E-state index in [2.05, 4.69) is 21.9 Å². The minimum absolute atomic E-state index is 0.113. The van der Waals surface area contributed by atoms with Gasteiger partial charge in [-0.05, 0) is 74.5 Å². The number of hydrogen-bond acceptors (Lipinski definition) is 7. The Labute approximate surface area is 227 Å². The van der Waals surface area contributed by atoms with Crippen LogP contribution in [0.25, 0.3) is 10.9 Å². The van der Waals surface area contributed by atoms with E-state index in [9.17, 15) is 22.9 Å². The largest absolute Gasteiger partial charge is 0.453 e. The fourth-order valence-corrected chi connectivity index (χ4v) is 5.62. The molecule has 1 saturated heterocycles. The lowest BCUT2D eigenvalue weighted by molar-refractivity contribution is 0.203. The molecule has 0 atom stereocenters. The number of hydrogen-bond donors (Lipinski definition) is 2. The predicted molar refractivity (Wildman–Crippen MR) is 147 cm³/mol. The molecule has 2 aromatic carbocycles. The molecule has 2 heterocycles. The second kappa shape index (κ2) is 11.7. The van der Waals surface area contributed by atoms with Crippen molar-refractivity contribution in [1.82, 2.24) is 19.2 Å². The van der Waals surface area contributed by atoms with Crippen LogP contribution >= 0.6 is 0 Å². The number of nitriles is 1. The molecule has 0 bridgehead atoms. The Balaban J connectivity index is 1.59. The highest BCUT2D eigenvalue weighted by atomic mass is 32.2. The maximum absolute atomic E-state index is 14.8. The molecule has 1 fully saturated rings. The van der Waals surface area contributed by atoms with E-state index >= 15 is 0 Å². The standard InChI is InChI=1S/C27H33FN6O4S/c1-4-33(3)39(36,37)32-24-9-7-22(28)25(21(24)17-29)38-19-6-8-23-20(16-19)26(35)34(18-31-23)15-5-10-27(2)11-13-30-14-12-27/h6-9,16,18,30,32H,4-5,10-15H2,1-3H3. The smallest absolute Gasteiger partial charge is 0.301 e. The van der Waals surface area contributed by atoms with Gasteiger partial charge in [0.1, 0.15) is 17.4 Å². The third-order valence-electron chi connectivity index (χ3n) is 7.32. The first-order valence-electron chi connectivity index (χ1n) is 12.9. The highest BCUT2D eigenvalue weighted by Crippen LogP contribution is 2.35. The van der Waals surface area contributed by atoms with Crippen molar-refractivity contribution in [3.05, 3.63) is 58.4 Å². The van der Waals surface area contributed by atoms with Gasteiger partial charge in [0, 0.05) is 20.1 Å². The number of fused-ring (bicyclic) bond motifs is 1. The van der Waals surface area contributed by atoms with Gasteiger partial charge in [-0.3, -0.25) is 14.1 Å². The Bertz CT molecular complexity index is 1560. The predicted octanol–water partition coefficient (Wildman–Crippen LogP) is 3.98. The van der Waals surface area contributed by atoms with Crippen molar-refractivity contribution in [3.8, 4) is 17.6 Å². The van der Waals surface area contributed by atoms with Gasteiger partial charge in [-0.15, -0.1) is 0 Å². The molecule has 0 amide bonds. The van der Waals surface area contributed by atoms with Crippen LogP contribution in [0.1, 0.15) is 45.1 Å².